The maximum atomic E-state index is 5.50. The SMILES string of the molecule is CN1CC2=C(NC(=S)N[C@@H]2c2ccccc2)/C(=C/c2ccccc2)C1. The first-order chi connectivity index (χ1) is 12.2. The Morgan fingerprint density at radius 3 is 2.40 bits per heavy atom. The maximum Gasteiger partial charge on any atom is 0.171 e. The molecule has 2 heterocycles. The number of benzene rings is 2. The van der Waals surface area contributed by atoms with Gasteiger partial charge in [-0.2, -0.15) is 0 Å². The molecular formula is C21H21N3S. The van der Waals surface area contributed by atoms with E-state index in [1.165, 1.54) is 28.0 Å². The van der Waals surface area contributed by atoms with Gasteiger partial charge in [-0.3, -0.25) is 4.90 Å². The molecule has 1 atom stereocenters. The van der Waals surface area contributed by atoms with E-state index in [4.69, 9.17) is 12.2 Å². The monoisotopic (exact) mass is 347 g/mol. The van der Waals surface area contributed by atoms with E-state index in [1.807, 2.05) is 12.1 Å². The van der Waals surface area contributed by atoms with Gasteiger partial charge in [0.2, 0.25) is 0 Å². The number of rotatable bonds is 2. The number of likely N-dealkylation sites (N-methyl/N-ethyl adjacent to an activating group) is 1. The van der Waals surface area contributed by atoms with Crippen LogP contribution in [0.5, 0.6) is 0 Å². The molecule has 0 radical (unpaired) electrons. The standard InChI is InChI=1S/C21H21N3S/c1-24-13-17(12-15-8-4-2-5-9-15)20-18(14-24)19(22-21(25)23-20)16-10-6-3-7-11-16/h2-12,19H,13-14H2,1H3,(H2,22,23,25)/b17-12+/t19-/m1/s1. The first kappa shape index (κ1) is 16.1. The van der Waals surface area contributed by atoms with E-state index >= 15 is 0 Å². The Labute approximate surface area is 154 Å². The molecule has 2 aliphatic rings. The summed E-state index contributed by atoms with van der Waals surface area (Å²) in [5.74, 6) is 0. The van der Waals surface area contributed by atoms with Crippen molar-refractivity contribution in [2.24, 2.45) is 0 Å². The Kier molecular flexibility index (Phi) is 4.38. The van der Waals surface area contributed by atoms with Crippen molar-refractivity contribution < 1.29 is 0 Å². The van der Waals surface area contributed by atoms with Crippen molar-refractivity contribution in [3.05, 3.63) is 88.6 Å². The van der Waals surface area contributed by atoms with Crippen LogP contribution >= 0.6 is 12.2 Å². The van der Waals surface area contributed by atoms with E-state index < -0.39 is 0 Å². The minimum atomic E-state index is 0.117. The highest BCUT2D eigenvalue weighted by Crippen LogP contribution is 2.33. The molecule has 2 N–H and O–H groups in total. The van der Waals surface area contributed by atoms with E-state index in [-0.39, 0.29) is 6.04 Å². The van der Waals surface area contributed by atoms with Crippen molar-refractivity contribution >= 4 is 23.4 Å². The van der Waals surface area contributed by atoms with Gasteiger partial charge in [0.25, 0.3) is 0 Å². The Morgan fingerprint density at radius 2 is 1.68 bits per heavy atom. The smallest absolute Gasteiger partial charge is 0.171 e. The molecule has 0 saturated heterocycles. The van der Waals surface area contributed by atoms with Crippen molar-refractivity contribution in [1.29, 1.82) is 0 Å². The Hall–Kier alpha value is -2.43. The molecule has 0 bridgehead atoms. The third-order valence-electron chi connectivity index (χ3n) is 4.66. The molecule has 4 rings (SSSR count). The van der Waals surface area contributed by atoms with E-state index in [0.29, 0.717) is 5.11 Å². The van der Waals surface area contributed by atoms with Crippen molar-refractivity contribution in [2.45, 2.75) is 6.04 Å². The third-order valence-corrected chi connectivity index (χ3v) is 4.88. The predicted molar refractivity (Wildman–Crippen MR) is 107 cm³/mol. The highest BCUT2D eigenvalue weighted by molar-refractivity contribution is 7.80. The van der Waals surface area contributed by atoms with Crippen LogP contribution in [0.1, 0.15) is 17.2 Å². The zero-order valence-electron chi connectivity index (χ0n) is 14.2. The summed E-state index contributed by atoms with van der Waals surface area (Å²) in [6, 6.07) is 21.1. The molecule has 126 valence electrons. The zero-order chi connectivity index (χ0) is 17.2. The molecule has 2 aromatic carbocycles. The number of thiocarbonyl (C=S) groups is 1. The Bertz CT molecular complexity index is 840. The maximum absolute atomic E-state index is 5.50. The molecule has 3 nitrogen and oxygen atoms in total. The van der Waals surface area contributed by atoms with Crippen molar-refractivity contribution in [1.82, 2.24) is 15.5 Å². The minimum Gasteiger partial charge on any atom is -0.352 e. The van der Waals surface area contributed by atoms with Gasteiger partial charge < -0.3 is 10.6 Å². The third kappa shape index (κ3) is 3.36. The first-order valence-corrected chi connectivity index (χ1v) is 8.91. The van der Waals surface area contributed by atoms with Gasteiger partial charge in [-0.05, 0) is 47.6 Å². The molecule has 2 aliphatic heterocycles. The summed E-state index contributed by atoms with van der Waals surface area (Å²) in [6.45, 7) is 1.83. The lowest BCUT2D eigenvalue weighted by molar-refractivity contribution is 0.364. The highest BCUT2D eigenvalue weighted by Gasteiger charge is 2.31. The lowest BCUT2D eigenvalue weighted by Crippen LogP contribution is -2.49. The highest BCUT2D eigenvalue weighted by atomic mass is 32.1. The fourth-order valence-electron chi connectivity index (χ4n) is 3.56. The molecule has 25 heavy (non-hydrogen) atoms. The lowest BCUT2D eigenvalue weighted by atomic mass is 9.89. The van der Waals surface area contributed by atoms with Crippen molar-refractivity contribution in [3.8, 4) is 0 Å². The van der Waals surface area contributed by atoms with Gasteiger partial charge in [0, 0.05) is 18.8 Å². The first-order valence-electron chi connectivity index (χ1n) is 8.51. The topological polar surface area (TPSA) is 27.3 Å². The van der Waals surface area contributed by atoms with E-state index in [0.717, 1.165) is 13.1 Å². The summed E-state index contributed by atoms with van der Waals surface area (Å²) < 4.78 is 0. The summed E-state index contributed by atoms with van der Waals surface area (Å²) in [5.41, 5.74) is 6.25. The number of nitrogens with zero attached hydrogens (tertiary/aromatic N) is 1. The van der Waals surface area contributed by atoms with E-state index in [1.54, 1.807) is 0 Å². The average molecular weight is 347 g/mol. The van der Waals surface area contributed by atoms with Gasteiger partial charge in [-0.15, -0.1) is 0 Å². The molecule has 0 unspecified atom stereocenters. The quantitative estimate of drug-likeness (QED) is 0.813. The van der Waals surface area contributed by atoms with Crippen LogP contribution in [0.15, 0.2) is 77.5 Å². The van der Waals surface area contributed by atoms with Crippen molar-refractivity contribution in [2.75, 3.05) is 20.1 Å². The predicted octanol–water partition coefficient (Wildman–Crippen LogP) is 3.49. The van der Waals surface area contributed by atoms with Crippen LogP contribution < -0.4 is 10.6 Å². The largest absolute Gasteiger partial charge is 0.352 e. The number of hydrogen-bond donors (Lipinski definition) is 2. The molecule has 0 spiro atoms. The summed E-state index contributed by atoms with van der Waals surface area (Å²) in [4.78, 5) is 2.35. The number of nitrogens with one attached hydrogen (secondary N) is 2. The summed E-state index contributed by atoms with van der Waals surface area (Å²) in [5, 5.41) is 7.55. The van der Waals surface area contributed by atoms with Crippen LogP contribution in [0.2, 0.25) is 0 Å². The van der Waals surface area contributed by atoms with Gasteiger partial charge in [-0.25, -0.2) is 0 Å². The second-order valence-electron chi connectivity index (χ2n) is 6.59. The summed E-state index contributed by atoms with van der Waals surface area (Å²) in [6.07, 6.45) is 2.26. The van der Waals surface area contributed by atoms with Crippen LogP contribution in [0.3, 0.4) is 0 Å². The Morgan fingerprint density at radius 1 is 1.00 bits per heavy atom. The van der Waals surface area contributed by atoms with Crippen LogP contribution in [0.25, 0.3) is 6.08 Å². The van der Waals surface area contributed by atoms with Gasteiger partial charge in [-0.1, -0.05) is 60.7 Å². The lowest BCUT2D eigenvalue weighted by Gasteiger charge is -2.39. The van der Waals surface area contributed by atoms with Gasteiger partial charge >= 0.3 is 0 Å². The zero-order valence-corrected chi connectivity index (χ0v) is 15.0. The fourth-order valence-corrected chi connectivity index (χ4v) is 3.78. The molecule has 0 aliphatic carbocycles. The summed E-state index contributed by atoms with van der Waals surface area (Å²) in [7, 11) is 2.16. The molecule has 2 aromatic rings. The van der Waals surface area contributed by atoms with Crippen LogP contribution in [0, 0.1) is 0 Å². The van der Waals surface area contributed by atoms with E-state index in [9.17, 15) is 0 Å². The van der Waals surface area contributed by atoms with E-state index in [2.05, 4.69) is 77.2 Å². The van der Waals surface area contributed by atoms with Crippen LogP contribution in [-0.2, 0) is 0 Å². The molecule has 4 heteroatoms. The summed E-state index contributed by atoms with van der Waals surface area (Å²) >= 11 is 5.50. The van der Waals surface area contributed by atoms with Crippen LogP contribution in [0.4, 0.5) is 0 Å². The minimum absolute atomic E-state index is 0.117. The second kappa shape index (κ2) is 6.82. The normalized spacial score (nSPS) is 22.4. The van der Waals surface area contributed by atoms with Crippen molar-refractivity contribution in [3.63, 3.8) is 0 Å². The Balaban J connectivity index is 1.80. The van der Waals surface area contributed by atoms with Gasteiger partial charge in [0.1, 0.15) is 0 Å². The average Bonchev–Trinajstić information content (AvgIpc) is 2.63. The molecular weight excluding hydrogens is 326 g/mol. The molecule has 0 aromatic heterocycles. The van der Waals surface area contributed by atoms with Gasteiger partial charge in [0.15, 0.2) is 5.11 Å². The van der Waals surface area contributed by atoms with Gasteiger partial charge in [0.05, 0.1) is 6.04 Å². The molecule has 0 amide bonds. The number of hydrogen-bond acceptors (Lipinski definition) is 2. The van der Waals surface area contributed by atoms with Crippen LogP contribution in [-0.4, -0.2) is 30.1 Å². The second-order valence-corrected chi connectivity index (χ2v) is 7.00. The fraction of sp³-hybridized carbons (Fsp3) is 0.190. The molecule has 0 fully saturated rings. The molecule has 0 saturated carbocycles.